The lowest BCUT2D eigenvalue weighted by Gasteiger charge is -2.17. The van der Waals surface area contributed by atoms with Gasteiger partial charge >= 0.3 is 0 Å². The highest BCUT2D eigenvalue weighted by atomic mass is 32.1. The Morgan fingerprint density at radius 3 is 2.56 bits per heavy atom. The van der Waals surface area contributed by atoms with Crippen LogP contribution in [-0.2, 0) is 6.42 Å². The van der Waals surface area contributed by atoms with Gasteiger partial charge in [-0.15, -0.1) is 11.3 Å². The van der Waals surface area contributed by atoms with Crippen LogP contribution in [0.3, 0.4) is 0 Å². The zero-order valence-electron chi connectivity index (χ0n) is 9.91. The van der Waals surface area contributed by atoms with Gasteiger partial charge in [0, 0.05) is 17.5 Å². The molecule has 2 nitrogen and oxygen atoms in total. The Labute approximate surface area is 101 Å². The molecule has 1 N–H and O–H groups in total. The number of hydrogen-bond acceptors (Lipinski definition) is 3. The monoisotopic (exact) mass is 236 g/mol. The minimum atomic E-state index is 0.841. The number of aryl methyl sites for hydroxylation is 1. The Morgan fingerprint density at radius 2 is 2.06 bits per heavy atom. The molecule has 0 unspecified atom stereocenters. The molecule has 88 valence electrons. The van der Waals surface area contributed by atoms with Crippen LogP contribution >= 0.6 is 11.3 Å². The highest BCUT2D eigenvalue weighted by Crippen LogP contribution is 2.44. The van der Waals surface area contributed by atoms with Gasteiger partial charge in [0.1, 0.15) is 0 Å². The van der Waals surface area contributed by atoms with E-state index in [-0.39, 0.29) is 0 Å². The Kier molecular flexibility index (Phi) is 2.99. The van der Waals surface area contributed by atoms with Crippen molar-refractivity contribution >= 4 is 11.3 Å². The zero-order valence-corrected chi connectivity index (χ0v) is 10.7. The molecule has 0 amide bonds. The van der Waals surface area contributed by atoms with E-state index in [2.05, 4.69) is 17.2 Å². The predicted molar refractivity (Wildman–Crippen MR) is 67.8 cm³/mol. The van der Waals surface area contributed by atoms with Crippen LogP contribution in [0.2, 0.25) is 0 Å². The van der Waals surface area contributed by atoms with Gasteiger partial charge in [-0.2, -0.15) is 0 Å². The van der Waals surface area contributed by atoms with Gasteiger partial charge in [-0.1, -0.05) is 0 Å². The SMILES string of the molecule is Cc1ncsc1CCNC(C1CC1)C1CC1. The van der Waals surface area contributed by atoms with E-state index in [1.54, 1.807) is 11.3 Å². The summed E-state index contributed by atoms with van der Waals surface area (Å²) < 4.78 is 0. The molecule has 2 aliphatic carbocycles. The highest BCUT2D eigenvalue weighted by Gasteiger charge is 2.40. The minimum Gasteiger partial charge on any atom is -0.313 e. The average Bonchev–Trinajstić information content (AvgIpc) is 3.15. The Balaban J connectivity index is 1.46. The molecule has 1 aromatic rings. The molecule has 2 aliphatic rings. The van der Waals surface area contributed by atoms with E-state index in [0.717, 1.165) is 30.8 Å². The van der Waals surface area contributed by atoms with Crippen molar-refractivity contribution in [2.45, 2.75) is 45.1 Å². The number of rotatable bonds is 6. The first-order valence-electron chi connectivity index (χ1n) is 6.47. The van der Waals surface area contributed by atoms with Gasteiger partial charge in [-0.3, -0.25) is 0 Å². The first kappa shape index (κ1) is 10.7. The number of aromatic nitrogens is 1. The molecule has 0 radical (unpaired) electrons. The van der Waals surface area contributed by atoms with E-state index < -0.39 is 0 Å². The van der Waals surface area contributed by atoms with E-state index >= 15 is 0 Å². The van der Waals surface area contributed by atoms with Crippen LogP contribution in [0, 0.1) is 18.8 Å². The van der Waals surface area contributed by atoms with Crippen molar-refractivity contribution in [2.75, 3.05) is 6.54 Å². The summed E-state index contributed by atoms with van der Waals surface area (Å²) in [5, 5.41) is 3.79. The molecule has 1 aromatic heterocycles. The maximum Gasteiger partial charge on any atom is 0.0797 e. The van der Waals surface area contributed by atoms with E-state index in [9.17, 15) is 0 Å². The highest BCUT2D eigenvalue weighted by molar-refractivity contribution is 7.09. The standard InChI is InChI=1S/C13H20N2S/c1-9-12(16-8-15-9)6-7-14-13(10-2-3-10)11-4-5-11/h8,10-11,13-14H,2-7H2,1H3. The van der Waals surface area contributed by atoms with Gasteiger partial charge in [0.15, 0.2) is 0 Å². The molecule has 3 heteroatoms. The molecular weight excluding hydrogens is 216 g/mol. The predicted octanol–water partition coefficient (Wildman–Crippen LogP) is 2.77. The second-order valence-corrected chi connectivity index (χ2v) is 6.21. The molecular formula is C13H20N2S. The van der Waals surface area contributed by atoms with Crippen molar-refractivity contribution in [3.63, 3.8) is 0 Å². The van der Waals surface area contributed by atoms with Crippen LogP contribution < -0.4 is 5.32 Å². The fraction of sp³-hybridized carbons (Fsp3) is 0.769. The average molecular weight is 236 g/mol. The first-order valence-corrected chi connectivity index (χ1v) is 7.35. The molecule has 0 atom stereocenters. The molecule has 0 bridgehead atoms. The van der Waals surface area contributed by atoms with Crippen molar-refractivity contribution in [1.82, 2.24) is 10.3 Å². The Hall–Kier alpha value is -0.410. The summed E-state index contributed by atoms with van der Waals surface area (Å²) in [6.07, 6.45) is 7.02. The van der Waals surface area contributed by atoms with E-state index in [1.165, 1.54) is 36.3 Å². The van der Waals surface area contributed by atoms with E-state index in [1.807, 2.05) is 5.51 Å². The molecule has 0 aliphatic heterocycles. The van der Waals surface area contributed by atoms with Crippen molar-refractivity contribution < 1.29 is 0 Å². The zero-order chi connectivity index (χ0) is 11.0. The second-order valence-electron chi connectivity index (χ2n) is 5.27. The van der Waals surface area contributed by atoms with Crippen LogP contribution in [0.5, 0.6) is 0 Å². The van der Waals surface area contributed by atoms with Crippen molar-refractivity contribution in [1.29, 1.82) is 0 Å². The summed E-state index contributed by atoms with van der Waals surface area (Å²) in [6.45, 7) is 3.26. The number of hydrogen-bond donors (Lipinski definition) is 1. The number of thiazole rings is 1. The van der Waals surface area contributed by atoms with Gasteiger partial charge in [-0.25, -0.2) is 4.98 Å². The lowest BCUT2D eigenvalue weighted by Crippen LogP contribution is -2.34. The quantitative estimate of drug-likeness (QED) is 0.821. The molecule has 16 heavy (non-hydrogen) atoms. The summed E-state index contributed by atoms with van der Waals surface area (Å²) in [5.41, 5.74) is 3.19. The third-order valence-electron chi connectivity index (χ3n) is 3.84. The lowest BCUT2D eigenvalue weighted by molar-refractivity contribution is 0.420. The van der Waals surface area contributed by atoms with Crippen molar-refractivity contribution in [3.8, 4) is 0 Å². The van der Waals surface area contributed by atoms with Crippen LogP contribution in [0.15, 0.2) is 5.51 Å². The van der Waals surface area contributed by atoms with Gasteiger partial charge in [-0.05, 0) is 50.9 Å². The van der Waals surface area contributed by atoms with Crippen molar-refractivity contribution in [2.24, 2.45) is 11.8 Å². The molecule has 1 heterocycles. The van der Waals surface area contributed by atoms with Crippen LogP contribution in [-0.4, -0.2) is 17.6 Å². The summed E-state index contributed by atoms with van der Waals surface area (Å²) in [7, 11) is 0. The summed E-state index contributed by atoms with van der Waals surface area (Å²) in [4.78, 5) is 5.76. The Morgan fingerprint density at radius 1 is 1.38 bits per heavy atom. The first-order chi connectivity index (χ1) is 7.84. The fourth-order valence-electron chi connectivity index (χ4n) is 2.55. The maximum atomic E-state index is 4.30. The van der Waals surface area contributed by atoms with Crippen LogP contribution in [0.1, 0.15) is 36.3 Å². The minimum absolute atomic E-state index is 0.841. The number of nitrogens with one attached hydrogen (secondary N) is 1. The second kappa shape index (κ2) is 4.46. The smallest absolute Gasteiger partial charge is 0.0797 e. The summed E-state index contributed by atoms with van der Waals surface area (Å²) in [6, 6.07) is 0.841. The van der Waals surface area contributed by atoms with Gasteiger partial charge in [0.05, 0.1) is 11.2 Å². The van der Waals surface area contributed by atoms with E-state index in [4.69, 9.17) is 0 Å². The lowest BCUT2D eigenvalue weighted by atomic mass is 10.1. The summed E-state index contributed by atoms with van der Waals surface area (Å²) >= 11 is 1.80. The number of nitrogens with zero attached hydrogens (tertiary/aromatic N) is 1. The van der Waals surface area contributed by atoms with Gasteiger partial charge in [0.2, 0.25) is 0 Å². The van der Waals surface area contributed by atoms with E-state index in [0.29, 0.717) is 0 Å². The Bertz CT molecular complexity index is 341. The third-order valence-corrected chi connectivity index (χ3v) is 4.83. The van der Waals surface area contributed by atoms with Gasteiger partial charge < -0.3 is 5.32 Å². The summed E-state index contributed by atoms with van der Waals surface area (Å²) in [5.74, 6) is 2.02. The normalized spacial score (nSPS) is 20.6. The molecule has 0 spiro atoms. The molecule has 2 saturated carbocycles. The van der Waals surface area contributed by atoms with Crippen LogP contribution in [0.25, 0.3) is 0 Å². The molecule has 0 aromatic carbocycles. The molecule has 2 fully saturated rings. The molecule has 3 rings (SSSR count). The maximum absolute atomic E-state index is 4.30. The molecule has 0 saturated heterocycles. The van der Waals surface area contributed by atoms with Crippen LogP contribution in [0.4, 0.5) is 0 Å². The van der Waals surface area contributed by atoms with Gasteiger partial charge in [0.25, 0.3) is 0 Å². The fourth-order valence-corrected chi connectivity index (χ4v) is 3.33. The largest absolute Gasteiger partial charge is 0.313 e. The topological polar surface area (TPSA) is 24.9 Å². The van der Waals surface area contributed by atoms with Crippen molar-refractivity contribution in [3.05, 3.63) is 16.1 Å². The third kappa shape index (κ3) is 2.46.